The molecule has 4 rings (SSSR count). The molecule has 0 saturated heterocycles. The lowest BCUT2D eigenvalue weighted by molar-refractivity contribution is 0.0726. The largest absolute Gasteiger partial charge is 0.497 e. The molecule has 1 aliphatic heterocycles. The Morgan fingerprint density at radius 1 is 1.24 bits per heavy atom. The minimum absolute atomic E-state index is 0.0700. The smallest absolute Gasteiger partial charge is 0.273 e. The van der Waals surface area contributed by atoms with Crippen LogP contribution in [0.1, 0.15) is 47.3 Å². The molecule has 3 heterocycles. The van der Waals surface area contributed by atoms with E-state index in [0.29, 0.717) is 23.9 Å². The summed E-state index contributed by atoms with van der Waals surface area (Å²) in [7, 11) is 1.63. The number of hydrogen-bond donors (Lipinski definition) is 1. The molecule has 8 heteroatoms. The Kier molecular flexibility index (Phi) is 5.44. The van der Waals surface area contributed by atoms with Crippen molar-refractivity contribution in [3.8, 4) is 5.75 Å². The lowest BCUT2D eigenvalue weighted by Gasteiger charge is -2.27. The molecule has 150 valence electrons. The van der Waals surface area contributed by atoms with Gasteiger partial charge in [-0.05, 0) is 36.2 Å². The van der Waals surface area contributed by atoms with Crippen LogP contribution in [0, 0.1) is 0 Å². The standard InChI is InChI=1S/C21H23N5O2S/c1-13(2)19-22-10-14-8-9-26(11-17(14)24-19)20(27)18-12-29-21(25-18)23-15-4-6-16(28-3)7-5-15/h4-7,10,12-13H,8-9,11H2,1-3H3,(H,23,25). The molecular weight excluding hydrogens is 386 g/mol. The van der Waals surface area contributed by atoms with Crippen LogP contribution in [0.2, 0.25) is 0 Å². The number of amides is 1. The van der Waals surface area contributed by atoms with Gasteiger partial charge < -0.3 is 15.0 Å². The second-order valence-electron chi connectivity index (χ2n) is 7.22. The normalized spacial score (nSPS) is 13.3. The quantitative estimate of drug-likeness (QED) is 0.686. The van der Waals surface area contributed by atoms with E-state index >= 15 is 0 Å². The number of fused-ring (bicyclic) bond motifs is 1. The van der Waals surface area contributed by atoms with E-state index in [-0.39, 0.29) is 11.8 Å². The molecule has 1 N–H and O–H groups in total. The van der Waals surface area contributed by atoms with E-state index in [1.54, 1.807) is 12.5 Å². The summed E-state index contributed by atoms with van der Waals surface area (Å²) in [5.74, 6) is 1.80. The van der Waals surface area contributed by atoms with Gasteiger partial charge in [0, 0.05) is 29.7 Å². The first-order chi connectivity index (χ1) is 14.0. The van der Waals surface area contributed by atoms with Crippen molar-refractivity contribution in [1.82, 2.24) is 19.9 Å². The lowest BCUT2D eigenvalue weighted by atomic mass is 10.1. The number of benzene rings is 1. The van der Waals surface area contributed by atoms with Crippen molar-refractivity contribution in [2.45, 2.75) is 32.7 Å². The zero-order valence-corrected chi connectivity index (χ0v) is 17.5. The van der Waals surface area contributed by atoms with Gasteiger partial charge in [-0.2, -0.15) is 0 Å². The highest BCUT2D eigenvalue weighted by molar-refractivity contribution is 7.14. The maximum atomic E-state index is 13.0. The van der Waals surface area contributed by atoms with E-state index in [0.717, 1.165) is 34.9 Å². The van der Waals surface area contributed by atoms with Gasteiger partial charge in [-0.3, -0.25) is 4.79 Å². The highest BCUT2D eigenvalue weighted by atomic mass is 32.1. The maximum absolute atomic E-state index is 13.0. The van der Waals surface area contributed by atoms with Crippen LogP contribution in [0.25, 0.3) is 0 Å². The summed E-state index contributed by atoms with van der Waals surface area (Å²) >= 11 is 1.41. The molecule has 2 aromatic heterocycles. The summed E-state index contributed by atoms with van der Waals surface area (Å²) in [6.07, 6.45) is 2.67. The van der Waals surface area contributed by atoms with Crippen LogP contribution in [-0.4, -0.2) is 39.4 Å². The molecule has 0 unspecified atom stereocenters. The van der Waals surface area contributed by atoms with E-state index in [9.17, 15) is 4.79 Å². The first-order valence-corrected chi connectivity index (χ1v) is 10.4. The molecular formula is C21H23N5O2S. The minimum atomic E-state index is -0.0700. The first-order valence-electron chi connectivity index (χ1n) is 9.54. The SMILES string of the molecule is COc1ccc(Nc2nc(C(=O)N3CCc4cnc(C(C)C)nc4C3)cs2)cc1. The fourth-order valence-electron chi connectivity index (χ4n) is 3.16. The first kappa shape index (κ1) is 19.3. The lowest BCUT2D eigenvalue weighted by Crippen LogP contribution is -2.37. The third-order valence-corrected chi connectivity index (χ3v) is 5.59. The number of nitrogens with one attached hydrogen (secondary N) is 1. The number of rotatable bonds is 5. The number of methoxy groups -OCH3 is 1. The Morgan fingerprint density at radius 2 is 2.03 bits per heavy atom. The Morgan fingerprint density at radius 3 is 2.76 bits per heavy atom. The van der Waals surface area contributed by atoms with E-state index in [1.807, 2.05) is 35.4 Å². The number of aromatic nitrogens is 3. The molecule has 0 spiro atoms. The van der Waals surface area contributed by atoms with Gasteiger partial charge in [-0.1, -0.05) is 13.8 Å². The van der Waals surface area contributed by atoms with E-state index < -0.39 is 0 Å². The van der Waals surface area contributed by atoms with Gasteiger partial charge in [-0.15, -0.1) is 11.3 Å². The second kappa shape index (κ2) is 8.16. The minimum Gasteiger partial charge on any atom is -0.497 e. The van der Waals surface area contributed by atoms with Crippen molar-refractivity contribution in [2.75, 3.05) is 19.0 Å². The van der Waals surface area contributed by atoms with Gasteiger partial charge >= 0.3 is 0 Å². The summed E-state index contributed by atoms with van der Waals surface area (Å²) < 4.78 is 5.17. The number of hydrogen-bond acceptors (Lipinski definition) is 7. The molecule has 0 atom stereocenters. The van der Waals surface area contributed by atoms with Crippen LogP contribution in [0.3, 0.4) is 0 Å². The summed E-state index contributed by atoms with van der Waals surface area (Å²) in [5, 5.41) is 5.71. The van der Waals surface area contributed by atoms with E-state index in [2.05, 4.69) is 34.1 Å². The fraction of sp³-hybridized carbons (Fsp3) is 0.333. The summed E-state index contributed by atoms with van der Waals surface area (Å²) in [6, 6.07) is 7.57. The van der Waals surface area contributed by atoms with Gasteiger partial charge in [-0.25, -0.2) is 15.0 Å². The molecule has 29 heavy (non-hydrogen) atoms. The number of nitrogens with zero attached hydrogens (tertiary/aromatic N) is 4. The Balaban J connectivity index is 1.45. The van der Waals surface area contributed by atoms with Crippen molar-refractivity contribution in [1.29, 1.82) is 0 Å². The summed E-state index contributed by atoms with van der Waals surface area (Å²) in [4.78, 5) is 28.3. The predicted molar refractivity (Wildman–Crippen MR) is 113 cm³/mol. The third kappa shape index (κ3) is 4.22. The van der Waals surface area contributed by atoms with Crippen molar-refractivity contribution < 1.29 is 9.53 Å². The molecule has 1 aromatic carbocycles. The Bertz CT molecular complexity index is 1020. The molecule has 0 radical (unpaired) electrons. The number of carbonyl (C=O) groups excluding carboxylic acids is 1. The van der Waals surface area contributed by atoms with Gasteiger partial charge in [0.2, 0.25) is 0 Å². The van der Waals surface area contributed by atoms with Crippen LogP contribution >= 0.6 is 11.3 Å². The summed E-state index contributed by atoms with van der Waals surface area (Å²) in [6.45, 7) is 5.28. The molecule has 3 aromatic rings. The zero-order valence-electron chi connectivity index (χ0n) is 16.7. The third-order valence-electron chi connectivity index (χ3n) is 4.83. The van der Waals surface area contributed by atoms with Crippen molar-refractivity contribution in [2.24, 2.45) is 0 Å². The topological polar surface area (TPSA) is 80.2 Å². The highest BCUT2D eigenvalue weighted by Gasteiger charge is 2.25. The second-order valence-corrected chi connectivity index (χ2v) is 8.08. The van der Waals surface area contributed by atoms with Crippen LogP contribution in [0.5, 0.6) is 5.75 Å². The van der Waals surface area contributed by atoms with E-state index in [1.165, 1.54) is 11.3 Å². The molecule has 0 aliphatic carbocycles. The van der Waals surface area contributed by atoms with Crippen LogP contribution in [-0.2, 0) is 13.0 Å². The molecule has 7 nitrogen and oxygen atoms in total. The average molecular weight is 410 g/mol. The van der Waals surface area contributed by atoms with Gasteiger partial charge in [0.1, 0.15) is 17.3 Å². The van der Waals surface area contributed by atoms with E-state index in [4.69, 9.17) is 4.74 Å². The molecule has 1 amide bonds. The number of anilines is 2. The maximum Gasteiger partial charge on any atom is 0.273 e. The van der Waals surface area contributed by atoms with Crippen molar-refractivity contribution >= 4 is 28.1 Å². The van der Waals surface area contributed by atoms with Gasteiger partial charge in [0.05, 0.1) is 19.3 Å². The van der Waals surface area contributed by atoms with Crippen molar-refractivity contribution in [3.63, 3.8) is 0 Å². The van der Waals surface area contributed by atoms with Crippen LogP contribution in [0.15, 0.2) is 35.8 Å². The fourth-order valence-corrected chi connectivity index (χ4v) is 3.86. The molecule has 0 fully saturated rings. The highest BCUT2D eigenvalue weighted by Crippen LogP contribution is 2.25. The number of ether oxygens (including phenoxy) is 1. The summed E-state index contributed by atoms with van der Waals surface area (Å²) in [5.41, 5.74) is 3.41. The van der Waals surface area contributed by atoms with Gasteiger partial charge in [0.25, 0.3) is 5.91 Å². The Labute approximate surface area is 173 Å². The zero-order chi connectivity index (χ0) is 20.4. The number of carbonyl (C=O) groups is 1. The molecule has 1 aliphatic rings. The van der Waals surface area contributed by atoms with Crippen molar-refractivity contribution in [3.05, 3.63) is 58.6 Å². The average Bonchev–Trinajstić information content (AvgIpc) is 3.21. The van der Waals surface area contributed by atoms with Crippen LogP contribution in [0.4, 0.5) is 10.8 Å². The monoisotopic (exact) mass is 409 g/mol. The van der Waals surface area contributed by atoms with Gasteiger partial charge in [0.15, 0.2) is 5.13 Å². The van der Waals surface area contributed by atoms with Crippen LogP contribution < -0.4 is 10.1 Å². The predicted octanol–water partition coefficient (Wildman–Crippen LogP) is 4.01. The molecule has 0 bridgehead atoms. The Hall–Kier alpha value is -3.00. The molecule has 0 saturated carbocycles. The number of thiazole rings is 1.